The Labute approximate surface area is 167 Å². The quantitative estimate of drug-likeness (QED) is 0.181. The number of rotatable bonds is 6. The highest BCUT2D eigenvalue weighted by Gasteiger charge is 2.37. The average Bonchev–Trinajstić information content (AvgIpc) is 2.57. The molecular formula is C16H20Cl3N5O2. The minimum atomic E-state index is -2.00. The van der Waals surface area contributed by atoms with Crippen LogP contribution >= 0.6 is 34.8 Å². The smallest absolute Gasteiger partial charge is 0.265 e. The van der Waals surface area contributed by atoms with Gasteiger partial charge in [-0.3, -0.25) is 10.3 Å². The van der Waals surface area contributed by atoms with Crippen molar-refractivity contribution in [3.63, 3.8) is 0 Å². The number of benzene rings is 1. The van der Waals surface area contributed by atoms with E-state index in [1.54, 1.807) is 0 Å². The average molecular weight is 421 g/mol. The number of ether oxygens (including phenoxy) is 2. The van der Waals surface area contributed by atoms with Crippen molar-refractivity contribution in [2.75, 3.05) is 13.6 Å². The summed E-state index contributed by atoms with van der Waals surface area (Å²) in [5.74, 6) is -0.566. The molecule has 1 aliphatic heterocycles. The molecule has 1 aliphatic rings. The maximum atomic E-state index is 8.71. The molecule has 1 N–H and O–H groups in total. The SMILES string of the molecule is CN(Cc1ccccc1)CC1CCC(N=[N+]=[N-])C(OC(=N)C(Cl)(Cl)Cl)O1. The number of nitrogens with one attached hydrogen (secondary N) is 1. The Morgan fingerprint density at radius 2 is 2.08 bits per heavy atom. The molecule has 3 atom stereocenters. The van der Waals surface area contributed by atoms with Crippen molar-refractivity contribution in [1.82, 2.24) is 4.90 Å². The standard InChI is InChI=1S/C16H20Cl3N5O2/c1-24(9-11-5-3-2-4-6-11)10-12-7-8-13(22-23-21)14(25-12)26-15(20)16(17,18)19/h2-6,12-14,20H,7-10H2,1H3. The normalized spacial score (nSPS) is 23.3. The number of azide groups is 1. The topological polar surface area (TPSA) is 94.3 Å². The Hall–Kier alpha value is -1.21. The van der Waals surface area contributed by atoms with Gasteiger partial charge in [-0.2, -0.15) is 0 Å². The van der Waals surface area contributed by atoms with Crippen LogP contribution in [0, 0.1) is 5.41 Å². The van der Waals surface area contributed by atoms with Crippen molar-refractivity contribution >= 4 is 40.7 Å². The molecule has 0 bridgehead atoms. The number of halogens is 3. The van der Waals surface area contributed by atoms with Crippen molar-refractivity contribution in [2.24, 2.45) is 5.11 Å². The minimum Gasteiger partial charge on any atom is -0.448 e. The second kappa shape index (κ2) is 9.65. The summed E-state index contributed by atoms with van der Waals surface area (Å²) < 4.78 is 9.21. The Balaban J connectivity index is 1.96. The van der Waals surface area contributed by atoms with Gasteiger partial charge in [-0.05, 0) is 31.0 Å². The van der Waals surface area contributed by atoms with Gasteiger partial charge in [0.05, 0.1) is 12.1 Å². The zero-order chi connectivity index (χ0) is 19.2. The summed E-state index contributed by atoms with van der Waals surface area (Å²) in [5, 5.41) is 11.4. The second-order valence-corrected chi connectivity index (χ2v) is 8.38. The third-order valence-electron chi connectivity index (χ3n) is 3.93. The number of alkyl halides is 3. The largest absolute Gasteiger partial charge is 0.448 e. The highest BCUT2D eigenvalue weighted by atomic mass is 35.6. The van der Waals surface area contributed by atoms with E-state index in [-0.39, 0.29) is 6.10 Å². The van der Waals surface area contributed by atoms with Crippen LogP contribution in [0.15, 0.2) is 35.4 Å². The molecule has 3 unspecified atom stereocenters. The van der Waals surface area contributed by atoms with Crippen molar-refractivity contribution < 1.29 is 9.47 Å². The van der Waals surface area contributed by atoms with Crippen molar-refractivity contribution in [3.05, 3.63) is 46.3 Å². The third kappa shape index (κ3) is 6.50. The molecular weight excluding hydrogens is 401 g/mol. The molecule has 2 rings (SSSR count). The first-order valence-corrected chi connectivity index (χ1v) is 9.17. The molecule has 0 spiro atoms. The fourth-order valence-electron chi connectivity index (χ4n) is 2.75. The van der Waals surface area contributed by atoms with Gasteiger partial charge in [0, 0.05) is 18.0 Å². The van der Waals surface area contributed by atoms with E-state index in [0.717, 1.165) is 6.54 Å². The number of hydrogen-bond donors (Lipinski definition) is 1. The van der Waals surface area contributed by atoms with Crippen LogP contribution in [0.25, 0.3) is 10.4 Å². The third-order valence-corrected chi connectivity index (χ3v) is 4.44. The molecule has 26 heavy (non-hydrogen) atoms. The van der Waals surface area contributed by atoms with Gasteiger partial charge in [-0.25, -0.2) is 0 Å². The van der Waals surface area contributed by atoms with Gasteiger partial charge in [-0.15, -0.1) is 0 Å². The highest BCUT2D eigenvalue weighted by molar-refractivity contribution is 6.76. The fraction of sp³-hybridized carbons (Fsp3) is 0.562. The molecule has 1 fully saturated rings. The van der Waals surface area contributed by atoms with Crippen molar-refractivity contribution in [2.45, 2.75) is 41.6 Å². The first-order chi connectivity index (χ1) is 12.3. The van der Waals surface area contributed by atoms with Gasteiger partial charge in [0.25, 0.3) is 3.79 Å². The van der Waals surface area contributed by atoms with E-state index in [1.807, 2.05) is 25.2 Å². The summed E-state index contributed by atoms with van der Waals surface area (Å²) in [5.41, 5.74) is 9.91. The first-order valence-electron chi connectivity index (χ1n) is 8.04. The molecule has 1 saturated heterocycles. The Kier molecular flexibility index (Phi) is 7.83. The predicted molar refractivity (Wildman–Crippen MR) is 103 cm³/mol. The van der Waals surface area contributed by atoms with Crippen LogP contribution in [0.3, 0.4) is 0 Å². The molecule has 0 radical (unpaired) electrons. The summed E-state index contributed by atoms with van der Waals surface area (Å²) in [6.45, 7) is 1.43. The molecule has 10 heteroatoms. The lowest BCUT2D eigenvalue weighted by Crippen LogP contribution is -2.45. The highest BCUT2D eigenvalue weighted by Crippen LogP contribution is 2.31. The zero-order valence-corrected chi connectivity index (χ0v) is 16.5. The predicted octanol–water partition coefficient (Wildman–Crippen LogP) is 4.67. The van der Waals surface area contributed by atoms with Crippen LogP contribution in [0.4, 0.5) is 0 Å². The van der Waals surface area contributed by atoms with Gasteiger partial charge >= 0.3 is 0 Å². The van der Waals surface area contributed by atoms with E-state index in [9.17, 15) is 0 Å². The Morgan fingerprint density at radius 1 is 1.38 bits per heavy atom. The van der Waals surface area contributed by atoms with Gasteiger partial charge in [0.1, 0.15) is 0 Å². The Bertz CT molecular complexity index is 649. The van der Waals surface area contributed by atoms with Crippen molar-refractivity contribution in [3.8, 4) is 0 Å². The van der Waals surface area contributed by atoms with Crippen LogP contribution in [-0.4, -0.2) is 46.6 Å². The van der Waals surface area contributed by atoms with Crippen LogP contribution < -0.4 is 0 Å². The molecule has 1 aromatic rings. The lowest BCUT2D eigenvalue weighted by Gasteiger charge is -2.36. The Morgan fingerprint density at radius 3 is 2.69 bits per heavy atom. The number of nitrogens with zero attached hydrogens (tertiary/aromatic N) is 4. The van der Waals surface area contributed by atoms with E-state index in [4.69, 9.17) is 55.2 Å². The summed E-state index contributed by atoms with van der Waals surface area (Å²) in [7, 11) is 2.00. The number of hydrogen-bond acceptors (Lipinski definition) is 5. The second-order valence-electron chi connectivity index (χ2n) is 6.10. The summed E-state index contributed by atoms with van der Waals surface area (Å²) in [6, 6.07) is 9.51. The maximum absolute atomic E-state index is 8.71. The molecule has 0 amide bonds. The first kappa shape index (κ1) is 21.1. The summed E-state index contributed by atoms with van der Waals surface area (Å²) in [4.78, 5) is 4.94. The van der Waals surface area contributed by atoms with Gasteiger partial charge < -0.3 is 9.47 Å². The molecule has 0 aliphatic carbocycles. The van der Waals surface area contributed by atoms with Gasteiger partial charge in [0.2, 0.25) is 12.2 Å². The van der Waals surface area contributed by atoms with E-state index in [2.05, 4.69) is 27.1 Å². The molecule has 1 aromatic carbocycles. The molecule has 7 nitrogen and oxygen atoms in total. The van der Waals surface area contributed by atoms with Gasteiger partial charge in [0.15, 0.2) is 0 Å². The van der Waals surface area contributed by atoms with Crippen molar-refractivity contribution in [1.29, 1.82) is 5.41 Å². The zero-order valence-electron chi connectivity index (χ0n) is 14.2. The molecule has 1 heterocycles. The van der Waals surface area contributed by atoms with Crippen LogP contribution in [0.1, 0.15) is 18.4 Å². The van der Waals surface area contributed by atoms with Crippen LogP contribution in [0.5, 0.6) is 0 Å². The maximum Gasteiger partial charge on any atom is 0.265 e. The number of likely N-dealkylation sites (N-methyl/N-ethyl adjacent to an activating group) is 1. The van der Waals surface area contributed by atoms with E-state index < -0.39 is 22.0 Å². The fourth-order valence-corrected chi connectivity index (χ4v) is 2.88. The monoisotopic (exact) mass is 419 g/mol. The lowest BCUT2D eigenvalue weighted by molar-refractivity contribution is -0.168. The van der Waals surface area contributed by atoms with Gasteiger partial charge in [-0.1, -0.05) is 70.2 Å². The van der Waals surface area contributed by atoms with E-state index in [0.29, 0.717) is 19.4 Å². The van der Waals surface area contributed by atoms with Crippen LogP contribution in [-0.2, 0) is 16.0 Å². The lowest BCUT2D eigenvalue weighted by atomic mass is 10.0. The summed E-state index contributed by atoms with van der Waals surface area (Å²) >= 11 is 17.0. The van der Waals surface area contributed by atoms with E-state index >= 15 is 0 Å². The molecule has 0 aromatic heterocycles. The molecule has 0 saturated carbocycles. The summed E-state index contributed by atoms with van der Waals surface area (Å²) in [6.07, 6.45) is 0.148. The molecule has 142 valence electrons. The van der Waals surface area contributed by atoms with E-state index in [1.165, 1.54) is 5.56 Å². The van der Waals surface area contributed by atoms with Crippen LogP contribution in [0.2, 0.25) is 0 Å². The minimum absolute atomic E-state index is 0.151.